The Morgan fingerprint density at radius 2 is 1.64 bits per heavy atom. The van der Waals surface area contributed by atoms with E-state index in [0.29, 0.717) is 41.7 Å². The fraction of sp³-hybridized carbons (Fsp3) is 0.214. The number of ketones is 1. The van der Waals surface area contributed by atoms with Crippen LogP contribution in [0.3, 0.4) is 0 Å². The second kappa shape index (κ2) is 10.4. The Bertz CT molecular complexity index is 1310. The van der Waals surface area contributed by atoms with E-state index < -0.39 is 17.7 Å². The van der Waals surface area contributed by atoms with Gasteiger partial charge in [-0.25, -0.2) is 0 Å². The summed E-state index contributed by atoms with van der Waals surface area (Å²) >= 11 is 0. The van der Waals surface area contributed by atoms with Crippen molar-refractivity contribution < 1.29 is 34.0 Å². The number of aromatic hydroxyl groups is 1. The molecule has 8 heteroatoms. The molecule has 186 valence electrons. The number of phenols is 1. The predicted molar refractivity (Wildman–Crippen MR) is 135 cm³/mol. The second-order valence-electron chi connectivity index (χ2n) is 7.99. The Kier molecular flexibility index (Phi) is 7.15. The fourth-order valence-electron chi connectivity index (χ4n) is 4.21. The number of amides is 1. The number of phenolic OH excluding ortho intramolecular Hbond substituents is 1. The summed E-state index contributed by atoms with van der Waals surface area (Å²) in [5, 5.41) is 21.3. The van der Waals surface area contributed by atoms with Crippen LogP contribution >= 0.6 is 0 Å². The fourth-order valence-corrected chi connectivity index (χ4v) is 4.21. The van der Waals surface area contributed by atoms with Gasteiger partial charge in [-0.3, -0.25) is 14.5 Å². The maximum Gasteiger partial charge on any atom is 0.300 e. The van der Waals surface area contributed by atoms with Crippen molar-refractivity contribution in [3.05, 3.63) is 83.4 Å². The number of ether oxygens (including phenoxy) is 3. The zero-order chi connectivity index (χ0) is 25.8. The highest BCUT2D eigenvalue weighted by Gasteiger charge is 2.47. The molecular formula is C28H27NO7. The molecule has 1 amide bonds. The number of methoxy groups -OCH3 is 1. The molecule has 0 saturated carbocycles. The van der Waals surface area contributed by atoms with Crippen molar-refractivity contribution >= 4 is 23.1 Å². The van der Waals surface area contributed by atoms with Gasteiger partial charge in [0.1, 0.15) is 28.8 Å². The molecule has 4 rings (SSSR count). The Labute approximate surface area is 209 Å². The Balaban J connectivity index is 1.94. The van der Waals surface area contributed by atoms with E-state index in [2.05, 4.69) is 0 Å². The predicted octanol–water partition coefficient (Wildman–Crippen LogP) is 4.82. The minimum atomic E-state index is -0.959. The molecule has 1 heterocycles. The lowest BCUT2D eigenvalue weighted by Gasteiger charge is -2.26. The van der Waals surface area contributed by atoms with E-state index in [1.54, 1.807) is 61.5 Å². The number of hydrogen-bond acceptors (Lipinski definition) is 7. The lowest BCUT2D eigenvalue weighted by molar-refractivity contribution is -0.132. The molecule has 1 unspecified atom stereocenters. The van der Waals surface area contributed by atoms with E-state index in [1.807, 2.05) is 6.92 Å². The third kappa shape index (κ3) is 4.57. The first kappa shape index (κ1) is 24.7. The van der Waals surface area contributed by atoms with Gasteiger partial charge in [0.05, 0.1) is 37.5 Å². The van der Waals surface area contributed by atoms with Gasteiger partial charge < -0.3 is 24.4 Å². The number of Topliss-reactive ketones (excluding diaryl/α,β-unsaturated/α-hetero) is 1. The van der Waals surface area contributed by atoms with E-state index in [9.17, 15) is 19.8 Å². The number of hydrogen-bond donors (Lipinski definition) is 2. The zero-order valence-corrected chi connectivity index (χ0v) is 20.2. The van der Waals surface area contributed by atoms with Crippen molar-refractivity contribution in [3.8, 4) is 23.0 Å². The second-order valence-corrected chi connectivity index (χ2v) is 7.99. The average molecular weight is 490 g/mol. The Morgan fingerprint density at radius 1 is 0.917 bits per heavy atom. The summed E-state index contributed by atoms with van der Waals surface area (Å²) < 4.78 is 16.6. The van der Waals surface area contributed by atoms with Gasteiger partial charge in [-0.05, 0) is 55.8 Å². The summed E-state index contributed by atoms with van der Waals surface area (Å²) in [6.07, 6.45) is 0. The van der Waals surface area contributed by atoms with Crippen LogP contribution in [-0.2, 0) is 9.59 Å². The molecular weight excluding hydrogens is 462 g/mol. The summed E-state index contributed by atoms with van der Waals surface area (Å²) in [6.45, 7) is 4.42. The average Bonchev–Trinajstić information content (AvgIpc) is 3.15. The maximum absolute atomic E-state index is 13.4. The van der Waals surface area contributed by atoms with Crippen molar-refractivity contribution in [1.82, 2.24) is 0 Å². The topological polar surface area (TPSA) is 106 Å². The first-order valence-electron chi connectivity index (χ1n) is 11.5. The molecule has 0 bridgehead atoms. The normalized spacial score (nSPS) is 16.8. The molecule has 3 aromatic carbocycles. The molecule has 0 aliphatic carbocycles. The first-order valence-corrected chi connectivity index (χ1v) is 11.5. The van der Waals surface area contributed by atoms with E-state index in [-0.39, 0.29) is 22.6 Å². The lowest BCUT2D eigenvalue weighted by Crippen LogP contribution is -2.29. The third-order valence-electron chi connectivity index (χ3n) is 5.80. The largest absolute Gasteiger partial charge is 0.508 e. The van der Waals surface area contributed by atoms with Gasteiger partial charge >= 0.3 is 0 Å². The first-order chi connectivity index (χ1) is 17.4. The molecule has 3 aromatic rings. The number of anilines is 1. The van der Waals surface area contributed by atoms with Crippen molar-refractivity contribution in [2.75, 3.05) is 25.2 Å². The molecule has 1 aliphatic rings. The van der Waals surface area contributed by atoms with Crippen LogP contribution in [0.4, 0.5) is 5.69 Å². The SMILES string of the molecule is CCOc1ccc(/C(O)=C2/C(=O)C(=O)N(c3cccc(OC)c3)C2c2ccc(O)cc2)c(OCC)c1. The van der Waals surface area contributed by atoms with Crippen LogP contribution in [-0.4, -0.2) is 42.2 Å². The van der Waals surface area contributed by atoms with Crippen LogP contribution in [0.15, 0.2) is 72.3 Å². The molecule has 1 fully saturated rings. The molecule has 36 heavy (non-hydrogen) atoms. The van der Waals surface area contributed by atoms with E-state index in [1.165, 1.54) is 24.1 Å². The molecule has 1 atom stereocenters. The van der Waals surface area contributed by atoms with Crippen molar-refractivity contribution in [3.63, 3.8) is 0 Å². The van der Waals surface area contributed by atoms with Gasteiger partial charge in [0.25, 0.3) is 11.7 Å². The highest BCUT2D eigenvalue weighted by atomic mass is 16.5. The van der Waals surface area contributed by atoms with E-state index in [0.717, 1.165) is 0 Å². The third-order valence-corrected chi connectivity index (χ3v) is 5.80. The molecule has 0 radical (unpaired) electrons. The van der Waals surface area contributed by atoms with Crippen LogP contribution in [0.25, 0.3) is 5.76 Å². The maximum atomic E-state index is 13.4. The minimum Gasteiger partial charge on any atom is -0.508 e. The highest BCUT2D eigenvalue weighted by molar-refractivity contribution is 6.51. The quantitative estimate of drug-likeness (QED) is 0.265. The Hall–Kier alpha value is -4.46. The number of benzene rings is 3. The highest BCUT2D eigenvalue weighted by Crippen LogP contribution is 2.44. The van der Waals surface area contributed by atoms with Crippen LogP contribution in [0.1, 0.15) is 31.0 Å². The molecule has 0 spiro atoms. The number of aliphatic hydroxyl groups excluding tert-OH is 1. The van der Waals surface area contributed by atoms with Gasteiger partial charge in [0, 0.05) is 17.8 Å². The van der Waals surface area contributed by atoms with E-state index >= 15 is 0 Å². The summed E-state index contributed by atoms with van der Waals surface area (Å²) in [5.74, 6) is -0.617. The molecule has 0 aromatic heterocycles. The number of aliphatic hydroxyl groups is 1. The lowest BCUT2D eigenvalue weighted by atomic mass is 9.94. The van der Waals surface area contributed by atoms with Crippen molar-refractivity contribution in [2.45, 2.75) is 19.9 Å². The molecule has 2 N–H and O–H groups in total. The van der Waals surface area contributed by atoms with Crippen LogP contribution in [0.5, 0.6) is 23.0 Å². The molecule has 1 saturated heterocycles. The number of rotatable bonds is 8. The number of carbonyl (C=O) groups excluding carboxylic acids is 2. The molecule has 1 aliphatic heterocycles. The summed E-state index contributed by atoms with van der Waals surface area (Å²) in [6, 6.07) is 16.8. The van der Waals surface area contributed by atoms with Gasteiger partial charge in [-0.1, -0.05) is 18.2 Å². The van der Waals surface area contributed by atoms with Gasteiger partial charge in [0.2, 0.25) is 0 Å². The monoisotopic (exact) mass is 489 g/mol. The number of carbonyl (C=O) groups is 2. The summed E-state index contributed by atoms with van der Waals surface area (Å²) in [4.78, 5) is 28.1. The minimum absolute atomic E-state index is 0.0298. The van der Waals surface area contributed by atoms with Crippen LogP contribution < -0.4 is 19.1 Å². The smallest absolute Gasteiger partial charge is 0.300 e. The van der Waals surface area contributed by atoms with Gasteiger partial charge in [-0.15, -0.1) is 0 Å². The van der Waals surface area contributed by atoms with Crippen LogP contribution in [0.2, 0.25) is 0 Å². The van der Waals surface area contributed by atoms with Crippen LogP contribution in [0, 0.1) is 0 Å². The van der Waals surface area contributed by atoms with Gasteiger partial charge in [-0.2, -0.15) is 0 Å². The van der Waals surface area contributed by atoms with Crippen molar-refractivity contribution in [1.29, 1.82) is 0 Å². The number of nitrogens with zero attached hydrogens (tertiary/aromatic N) is 1. The zero-order valence-electron chi connectivity index (χ0n) is 20.2. The van der Waals surface area contributed by atoms with Gasteiger partial charge in [0.15, 0.2) is 0 Å². The Morgan fingerprint density at radius 3 is 2.31 bits per heavy atom. The van der Waals surface area contributed by atoms with E-state index in [4.69, 9.17) is 14.2 Å². The standard InChI is InChI=1S/C28H27NO7/c1-4-35-21-13-14-22(23(16-21)36-5-2)26(31)24-25(17-9-11-19(30)12-10-17)29(28(33)27(24)32)18-7-6-8-20(15-18)34-3/h6-16,25,30-31H,4-5H2,1-3H3/b26-24-. The summed E-state index contributed by atoms with van der Waals surface area (Å²) in [5.41, 5.74) is 1.11. The molecule has 8 nitrogen and oxygen atoms in total. The van der Waals surface area contributed by atoms with Crippen molar-refractivity contribution in [2.24, 2.45) is 0 Å². The summed E-state index contributed by atoms with van der Waals surface area (Å²) in [7, 11) is 1.51.